The molecule has 0 atom stereocenters. The van der Waals surface area contributed by atoms with E-state index in [0.29, 0.717) is 0 Å². The Bertz CT molecular complexity index is 147. The van der Waals surface area contributed by atoms with Crippen LogP contribution in [0.3, 0.4) is 0 Å². The van der Waals surface area contributed by atoms with Crippen LogP contribution in [0.1, 0.15) is 52.4 Å². The van der Waals surface area contributed by atoms with Crippen molar-refractivity contribution in [2.75, 3.05) is 0 Å². The molecule has 0 heterocycles. The molecule has 2 N–H and O–H groups in total. The van der Waals surface area contributed by atoms with Crippen molar-refractivity contribution in [3.63, 3.8) is 0 Å². The molecule has 3 nitrogen and oxygen atoms in total. The van der Waals surface area contributed by atoms with Gasteiger partial charge < -0.3 is 14.7 Å². The summed E-state index contributed by atoms with van der Waals surface area (Å²) >= 11 is 0. The Morgan fingerprint density at radius 3 is 2.00 bits per heavy atom. The van der Waals surface area contributed by atoms with E-state index in [0.717, 1.165) is 38.5 Å². The fourth-order valence-electron chi connectivity index (χ4n) is 1.21. The summed E-state index contributed by atoms with van der Waals surface area (Å²) in [7, 11) is -1.69. The minimum Gasteiger partial charge on any atom is -0.518 e. The Morgan fingerprint density at radius 1 is 1.14 bits per heavy atom. The lowest BCUT2D eigenvalue weighted by Crippen LogP contribution is -2.13. The van der Waals surface area contributed by atoms with E-state index in [-0.39, 0.29) is 0 Å². The van der Waals surface area contributed by atoms with Gasteiger partial charge in [0.25, 0.3) is 0 Å². The van der Waals surface area contributed by atoms with E-state index in [1.807, 2.05) is 0 Å². The normalized spacial score (nSPS) is 9.71. The van der Waals surface area contributed by atoms with E-state index >= 15 is 0 Å². The summed E-state index contributed by atoms with van der Waals surface area (Å²) in [5, 5.41) is 17.1. The molecule has 14 heavy (non-hydrogen) atoms. The fraction of sp³-hybridized carbons (Fsp3) is 0.800. The molecular formula is C10H21BO3. The van der Waals surface area contributed by atoms with E-state index in [1.54, 1.807) is 0 Å². The predicted molar refractivity (Wildman–Crippen MR) is 58.4 cm³/mol. The zero-order valence-corrected chi connectivity index (χ0v) is 9.20. The van der Waals surface area contributed by atoms with E-state index in [2.05, 4.69) is 18.5 Å². The molecular weight excluding hydrogens is 179 g/mol. The number of allylic oxidation sites excluding steroid dienone is 1. The summed E-state index contributed by atoms with van der Waals surface area (Å²) in [5.74, 6) is 0. The average Bonchev–Trinajstić information content (AvgIpc) is 2.16. The van der Waals surface area contributed by atoms with Crippen molar-refractivity contribution in [3.05, 3.63) is 11.8 Å². The summed E-state index contributed by atoms with van der Waals surface area (Å²) in [6.07, 6.45) is 8.01. The number of unbranched alkanes of at least 4 members (excludes halogenated alkanes) is 2. The Hall–Kier alpha value is -0.475. The summed E-state index contributed by atoms with van der Waals surface area (Å²) in [6, 6.07) is 0. The van der Waals surface area contributed by atoms with Crippen molar-refractivity contribution >= 4 is 7.32 Å². The van der Waals surface area contributed by atoms with Crippen LogP contribution in [0.25, 0.3) is 0 Å². The summed E-state index contributed by atoms with van der Waals surface area (Å²) in [6.45, 7) is 4.28. The van der Waals surface area contributed by atoms with Gasteiger partial charge >= 0.3 is 7.32 Å². The maximum Gasteiger partial charge on any atom is 0.707 e. The van der Waals surface area contributed by atoms with Crippen LogP contribution >= 0.6 is 0 Å². The molecule has 0 amide bonds. The molecule has 0 saturated heterocycles. The van der Waals surface area contributed by atoms with Crippen molar-refractivity contribution < 1.29 is 14.7 Å². The lowest BCUT2D eigenvalue weighted by Gasteiger charge is -2.06. The first-order valence-corrected chi connectivity index (χ1v) is 5.40. The predicted octanol–water partition coefficient (Wildman–Crippen LogP) is 2.24. The molecule has 0 saturated carbocycles. The number of rotatable bonds is 8. The van der Waals surface area contributed by atoms with Crippen molar-refractivity contribution in [1.29, 1.82) is 0 Å². The highest BCUT2D eigenvalue weighted by Gasteiger charge is 2.08. The Morgan fingerprint density at radius 2 is 1.64 bits per heavy atom. The molecule has 0 fully saturated rings. The van der Waals surface area contributed by atoms with Crippen LogP contribution in [-0.4, -0.2) is 17.4 Å². The van der Waals surface area contributed by atoms with Gasteiger partial charge in [0.1, 0.15) is 0 Å². The van der Waals surface area contributed by atoms with Gasteiger partial charge in [-0.1, -0.05) is 26.7 Å². The second kappa shape index (κ2) is 9.09. The standard InChI is InChI=1S/C10H21BO3/c1-3-5-7-10(8-6-4-2)9-14-11(12)13/h9,12-13H,3-8H2,1-2H3. The number of hydrogen-bond acceptors (Lipinski definition) is 3. The van der Waals surface area contributed by atoms with Gasteiger partial charge in [-0.3, -0.25) is 0 Å². The minimum atomic E-state index is -1.69. The first kappa shape index (κ1) is 13.5. The van der Waals surface area contributed by atoms with Crippen LogP contribution < -0.4 is 0 Å². The second-order valence-electron chi connectivity index (χ2n) is 3.45. The van der Waals surface area contributed by atoms with E-state index in [1.165, 1.54) is 11.8 Å². The third-order valence-corrected chi connectivity index (χ3v) is 2.06. The van der Waals surface area contributed by atoms with Crippen LogP contribution in [0.2, 0.25) is 0 Å². The largest absolute Gasteiger partial charge is 0.707 e. The summed E-state index contributed by atoms with van der Waals surface area (Å²) < 4.78 is 4.65. The molecule has 0 unspecified atom stereocenters. The molecule has 0 aromatic rings. The van der Waals surface area contributed by atoms with Crippen molar-refractivity contribution in [3.8, 4) is 0 Å². The van der Waals surface area contributed by atoms with Crippen LogP contribution in [0.4, 0.5) is 0 Å². The molecule has 0 aliphatic carbocycles. The average molecular weight is 200 g/mol. The molecule has 0 aromatic heterocycles. The first-order chi connectivity index (χ1) is 6.70. The Labute approximate surface area is 87.0 Å². The zero-order chi connectivity index (χ0) is 10.8. The van der Waals surface area contributed by atoms with Crippen molar-refractivity contribution in [1.82, 2.24) is 0 Å². The summed E-state index contributed by atoms with van der Waals surface area (Å²) in [5.41, 5.74) is 1.17. The van der Waals surface area contributed by atoms with Gasteiger partial charge in [-0.2, -0.15) is 0 Å². The molecule has 0 rings (SSSR count). The van der Waals surface area contributed by atoms with Crippen LogP contribution in [-0.2, 0) is 4.65 Å². The highest BCUT2D eigenvalue weighted by Crippen LogP contribution is 2.14. The second-order valence-corrected chi connectivity index (χ2v) is 3.45. The molecule has 0 radical (unpaired) electrons. The van der Waals surface area contributed by atoms with E-state index < -0.39 is 7.32 Å². The molecule has 0 aromatic carbocycles. The van der Waals surface area contributed by atoms with E-state index in [4.69, 9.17) is 10.0 Å². The van der Waals surface area contributed by atoms with E-state index in [9.17, 15) is 0 Å². The zero-order valence-electron chi connectivity index (χ0n) is 9.20. The minimum absolute atomic E-state index is 0.989. The monoisotopic (exact) mass is 200 g/mol. The number of hydrogen-bond donors (Lipinski definition) is 2. The van der Waals surface area contributed by atoms with Crippen LogP contribution in [0, 0.1) is 0 Å². The van der Waals surface area contributed by atoms with Gasteiger partial charge in [-0.15, -0.1) is 0 Å². The van der Waals surface area contributed by atoms with Crippen LogP contribution in [0.15, 0.2) is 11.8 Å². The highest BCUT2D eigenvalue weighted by molar-refractivity contribution is 6.32. The topological polar surface area (TPSA) is 49.7 Å². The van der Waals surface area contributed by atoms with Gasteiger partial charge in [-0.05, 0) is 31.3 Å². The third kappa shape index (κ3) is 8.14. The van der Waals surface area contributed by atoms with Crippen LogP contribution in [0.5, 0.6) is 0 Å². The fourth-order valence-corrected chi connectivity index (χ4v) is 1.21. The molecule has 82 valence electrons. The molecule has 0 aliphatic rings. The molecule has 4 heteroatoms. The quantitative estimate of drug-likeness (QED) is 0.466. The molecule has 0 spiro atoms. The Kier molecular flexibility index (Phi) is 8.79. The van der Waals surface area contributed by atoms with Gasteiger partial charge in [0.15, 0.2) is 0 Å². The van der Waals surface area contributed by atoms with Gasteiger partial charge in [-0.25, -0.2) is 0 Å². The lowest BCUT2D eigenvalue weighted by molar-refractivity contribution is 0.254. The SMILES string of the molecule is CCCCC(=COB(O)O)CCCC. The molecule has 0 aliphatic heterocycles. The lowest BCUT2D eigenvalue weighted by atomic mass is 10.0. The maximum atomic E-state index is 8.54. The first-order valence-electron chi connectivity index (χ1n) is 5.40. The van der Waals surface area contributed by atoms with Crippen molar-refractivity contribution in [2.24, 2.45) is 0 Å². The van der Waals surface area contributed by atoms with Crippen molar-refractivity contribution in [2.45, 2.75) is 52.4 Å². The van der Waals surface area contributed by atoms with Gasteiger partial charge in [0, 0.05) is 0 Å². The smallest absolute Gasteiger partial charge is 0.518 e. The highest BCUT2D eigenvalue weighted by atomic mass is 16.6. The molecule has 0 bridgehead atoms. The summed E-state index contributed by atoms with van der Waals surface area (Å²) in [4.78, 5) is 0. The van der Waals surface area contributed by atoms with Gasteiger partial charge in [0.2, 0.25) is 0 Å². The maximum absolute atomic E-state index is 8.54. The van der Waals surface area contributed by atoms with Gasteiger partial charge in [0.05, 0.1) is 6.26 Å². The third-order valence-electron chi connectivity index (χ3n) is 2.06. The Balaban J connectivity index is 3.87.